The van der Waals surface area contributed by atoms with Gasteiger partial charge < -0.3 is 19.8 Å². The molecule has 2 rings (SSSR count). The Bertz CT molecular complexity index is 715. The van der Waals surface area contributed by atoms with Gasteiger partial charge in [-0.1, -0.05) is 18.9 Å². The van der Waals surface area contributed by atoms with Crippen LogP contribution in [0.15, 0.2) is 35.4 Å². The van der Waals surface area contributed by atoms with Crippen LogP contribution in [0.4, 0.5) is 4.39 Å². The molecule has 2 aliphatic rings. The number of aliphatic hydroxyl groups excluding tert-OH is 1. The van der Waals surface area contributed by atoms with Gasteiger partial charge in [-0.2, -0.15) is 0 Å². The average Bonchev–Trinajstić information content (AvgIpc) is 2.94. The first kappa shape index (κ1) is 26.1. The van der Waals surface area contributed by atoms with Crippen molar-refractivity contribution in [2.75, 3.05) is 13.7 Å². The first-order chi connectivity index (χ1) is 15.4. The second-order valence-electron chi connectivity index (χ2n) is 8.77. The van der Waals surface area contributed by atoms with E-state index in [0.717, 1.165) is 38.5 Å². The Labute approximate surface area is 190 Å². The molecule has 2 atom stereocenters. The second-order valence-corrected chi connectivity index (χ2v) is 8.77. The number of hydrogen-bond donors (Lipinski definition) is 2. The normalized spacial score (nSPS) is 20.2. The Kier molecular flexibility index (Phi) is 11.5. The number of rotatable bonds is 14. The van der Waals surface area contributed by atoms with Crippen molar-refractivity contribution in [1.29, 1.82) is 0 Å². The van der Waals surface area contributed by atoms with Gasteiger partial charge in [-0.15, -0.1) is 0 Å². The van der Waals surface area contributed by atoms with Crippen LogP contribution in [0.25, 0.3) is 0 Å². The molecule has 180 valence electrons. The third-order valence-electron chi connectivity index (χ3n) is 6.33. The molecule has 1 heterocycles. The Hall–Kier alpha value is -2.15. The van der Waals surface area contributed by atoms with E-state index >= 15 is 0 Å². The van der Waals surface area contributed by atoms with Gasteiger partial charge in [0.2, 0.25) is 5.91 Å². The van der Waals surface area contributed by atoms with Crippen molar-refractivity contribution < 1.29 is 28.9 Å². The lowest BCUT2D eigenvalue weighted by Gasteiger charge is -2.36. The number of nitrogens with zero attached hydrogens (tertiary/aromatic N) is 1. The summed E-state index contributed by atoms with van der Waals surface area (Å²) in [6.45, 7) is 0.700. The number of allylic oxidation sites excluding steroid dienone is 5. The van der Waals surface area contributed by atoms with Crippen LogP contribution in [0, 0.1) is 0 Å². The highest BCUT2D eigenvalue weighted by atomic mass is 19.1. The summed E-state index contributed by atoms with van der Waals surface area (Å²) in [6.07, 6.45) is 13.3. The molecule has 2 N–H and O–H groups in total. The number of aliphatic hydroxyl groups is 1. The minimum Gasteiger partial charge on any atom is -0.497 e. The molecule has 1 saturated heterocycles. The van der Waals surface area contributed by atoms with E-state index in [2.05, 4.69) is 0 Å². The Balaban J connectivity index is 1.75. The van der Waals surface area contributed by atoms with Gasteiger partial charge in [0.1, 0.15) is 11.6 Å². The highest BCUT2D eigenvalue weighted by molar-refractivity contribution is 5.77. The van der Waals surface area contributed by atoms with Crippen LogP contribution in [0.2, 0.25) is 0 Å². The molecule has 0 aromatic carbocycles. The largest absolute Gasteiger partial charge is 0.497 e. The molecular weight excluding hydrogens is 413 g/mol. The van der Waals surface area contributed by atoms with Gasteiger partial charge in [-0.05, 0) is 69.4 Å². The molecule has 0 aromatic heterocycles. The molecule has 1 fully saturated rings. The van der Waals surface area contributed by atoms with E-state index in [0.29, 0.717) is 56.4 Å². The van der Waals surface area contributed by atoms with Crippen molar-refractivity contribution in [3.8, 4) is 0 Å². The molecule has 0 spiro atoms. The molecule has 2 unspecified atom stereocenters. The fourth-order valence-electron chi connectivity index (χ4n) is 4.42. The molecular formula is C25H38FNO5. The van der Waals surface area contributed by atoms with E-state index in [1.54, 1.807) is 6.08 Å². The Morgan fingerprint density at radius 3 is 2.81 bits per heavy atom. The number of hydrogen-bond acceptors (Lipinski definition) is 4. The highest BCUT2D eigenvalue weighted by Crippen LogP contribution is 2.27. The summed E-state index contributed by atoms with van der Waals surface area (Å²) in [5.41, 5.74) is 0.671. The van der Waals surface area contributed by atoms with Crippen molar-refractivity contribution in [3.05, 3.63) is 35.4 Å². The first-order valence-electron chi connectivity index (χ1n) is 11.9. The van der Waals surface area contributed by atoms with E-state index in [1.807, 2.05) is 11.0 Å². The number of likely N-dealkylation sites (tertiary alicyclic amines) is 1. The summed E-state index contributed by atoms with van der Waals surface area (Å²) in [7, 11) is 1.51. The Morgan fingerprint density at radius 1 is 1.28 bits per heavy atom. The number of piperidine rings is 1. The molecule has 6 nitrogen and oxygen atoms in total. The van der Waals surface area contributed by atoms with Crippen LogP contribution in [-0.2, 0) is 14.3 Å². The lowest BCUT2D eigenvalue weighted by atomic mass is 9.94. The van der Waals surface area contributed by atoms with Gasteiger partial charge in [-0.25, -0.2) is 4.39 Å². The maximum Gasteiger partial charge on any atom is 0.303 e. The van der Waals surface area contributed by atoms with E-state index in [1.165, 1.54) is 13.2 Å². The number of aliphatic carboxylic acids is 1. The predicted molar refractivity (Wildman–Crippen MR) is 122 cm³/mol. The molecule has 0 saturated carbocycles. The van der Waals surface area contributed by atoms with Crippen LogP contribution in [0.3, 0.4) is 0 Å². The van der Waals surface area contributed by atoms with Crippen LogP contribution in [-0.4, -0.2) is 52.8 Å². The quantitative estimate of drug-likeness (QED) is 0.361. The van der Waals surface area contributed by atoms with Crippen LogP contribution in [0.5, 0.6) is 0 Å². The lowest BCUT2D eigenvalue weighted by molar-refractivity contribution is -0.137. The van der Waals surface area contributed by atoms with Crippen molar-refractivity contribution in [3.63, 3.8) is 0 Å². The number of amides is 1. The zero-order valence-electron chi connectivity index (χ0n) is 19.2. The first-order valence-corrected chi connectivity index (χ1v) is 11.9. The fourth-order valence-corrected chi connectivity index (χ4v) is 4.42. The maximum absolute atomic E-state index is 14.3. The smallest absolute Gasteiger partial charge is 0.303 e. The highest BCUT2D eigenvalue weighted by Gasteiger charge is 2.27. The number of methoxy groups -OCH3 is 1. The van der Waals surface area contributed by atoms with Crippen LogP contribution in [0.1, 0.15) is 83.5 Å². The number of carbonyl (C=O) groups excluding carboxylic acids is 1. The third-order valence-corrected chi connectivity index (χ3v) is 6.33. The molecule has 0 radical (unpaired) electrons. The second kappa shape index (κ2) is 14.1. The van der Waals surface area contributed by atoms with Gasteiger partial charge in [0.15, 0.2) is 0 Å². The van der Waals surface area contributed by atoms with Crippen molar-refractivity contribution in [1.82, 2.24) is 4.90 Å². The van der Waals surface area contributed by atoms with Gasteiger partial charge in [0.05, 0.1) is 13.2 Å². The molecule has 7 heteroatoms. The van der Waals surface area contributed by atoms with Gasteiger partial charge in [0.25, 0.3) is 0 Å². The molecule has 1 amide bonds. The molecule has 1 aliphatic carbocycles. The van der Waals surface area contributed by atoms with E-state index in [-0.39, 0.29) is 24.2 Å². The summed E-state index contributed by atoms with van der Waals surface area (Å²) in [4.78, 5) is 25.0. The number of carboxylic acids is 1. The minimum atomic E-state index is -0.763. The summed E-state index contributed by atoms with van der Waals surface area (Å²) in [5, 5.41) is 19.2. The summed E-state index contributed by atoms with van der Waals surface area (Å²) < 4.78 is 19.4. The van der Waals surface area contributed by atoms with Crippen molar-refractivity contribution >= 4 is 11.9 Å². The summed E-state index contributed by atoms with van der Waals surface area (Å²) in [5.74, 6) is -0.381. The zero-order valence-corrected chi connectivity index (χ0v) is 19.2. The van der Waals surface area contributed by atoms with Gasteiger partial charge >= 0.3 is 5.97 Å². The monoisotopic (exact) mass is 451 g/mol. The number of unbranched alkanes of at least 4 members (excludes halogenated alkanes) is 3. The third kappa shape index (κ3) is 9.15. The average molecular weight is 452 g/mol. The number of ether oxygens (including phenoxy) is 1. The van der Waals surface area contributed by atoms with E-state index < -0.39 is 12.1 Å². The van der Waals surface area contributed by atoms with Crippen LogP contribution >= 0.6 is 0 Å². The van der Waals surface area contributed by atoms with Gasteiger partial charge in [0, 0.05) is 31.5 Å². The number of carboxylic acid groups (broad SMARTS) is 1. The van der Waals surface area contributed by atoms with E-state index in [4.69, 9.17) is 9.84 Å². The predicted octanol–water partition coefficient (Wildman–Crippen LogP) is 5.04. The minimum absolute atomic E-state index is 0.147. The van der Waals surface area contributed by atoms with Crippen LogP contribution < -0.4 is 0 Å². The summed E-state index contributed by atoms with van der Waals surface area (Å²) >= 11 is 0. The van der Waals surface area contributed by atoms with Crippen molar-refractivity contribution in [2.45, 2.75) is 95.6 Å². The molecule has 0 aromatic rings. The maximum atomic E-state index is 14.3. The topological polar surface area (TPSA) is 87.1 Å². The molecule has 1 aliphatic heterocycles. The number of halogens is 1. The SMILES string of the molecule is COC1=CC(F)=C(CCC(O)CCC2CCCC(=O)N2CCCCCCC(=O)O)CC=C1. The standard InChI is InChI=1S/C25H38FNO5/c1-32-22-10-6-8-19(23(26)18-22)13-15-21(28)16-14-20-9-7-11-24(29)27(20)17-5-3-2-4-12-25(30)31/h6,10,18,20-21,28H,2-5,7-9,11-17H2,1H3,(H,30,31). The van der Waals surface area contributed by atoms with E-state index in [9.17, 15) is 19.1 Å². The zero-order chi connectivity index (χ0) is 23.3. The van der Waals surface area contributed by atoms with Gasteiger partial charge in [-0.3, -0.25) is 9.59 Å². The van der Waals surface area contributed by atoms with Crippen molar-refractivity contribution in [2.24, 2.45) is 0 Å². The molecule has 0 bridgehead atoms. The fraction of sp³-hybridized carbons (Fsp3) is 0.680. The Morgan fingerprint density at radius 2 is 2.06 bits per heavy atom. The lowest BCUT2D eigenvalue weighted by Crippen LogP contribution is -2.44. The summed E-state index contributed by atoms with van der Waals surface area (Å²) in [6, 6.07) is 0.147. The molecule has 32 heavy (non-hydrogen) atoms. The number of carbonyl (C=O) groups is 2.